The molecule has 0 radical (unpaired) electrons. The number of hydrogen-bond donors (Lipinski definition) is 2. The van der Waals surface area contributed by atoms with E-state index in [1.165, 1.54) is 23.1 Å². The van der Waals surface area contributed by atoms with Crippen LogP contribution in [0.15, 0.2) is 18.2 Å². The number of ether oxygens (including phenoxy) is 1. The Morgan fingerprint density at radius 2 is 2.27 bits per heavy atom. The van der Waals surface area contributed by atoms with Crippen LogP contribution in [-0.4, -0.2) is 63.3 Å². The number of amides is 1. The molecule has 1 amide bonds. The number of aliphatic carboxylic acids is 1. The molecule has 2 atom stereocenters. The number of nitro benzene ring substituents is 1. The average molecular weight is 360 g/mol. The van der Waals surface area contributed by atoms with Crippen LogP contribution in [0, 0.1) is 21.4 Å². The first-order valence-corrected chi connectivity index (χ1v) is 8.15. The van der Waals surface area contributed by atoms with E-state index in [4.69, 9.17) is 4.74 Å². The molecule has 1 aromatic carbocycles. The van der Waals surface area contributed by atoms with E-state index in [0.717, 1.165) is 0 Å². The van der Waals surface area contributed by atoms with Crippen molar-refractivity contribution in [1.82, 2.24) is 15.1 Å². The fraction of sp³-hybridized carbons (Fsp3) is 0.438. The number of rotatable bonds is 3. The van der Waals surface area contributed by atoms with Crippen molar-refractivity contribution < 1.29 is 24.4 Å². The Bertz CT molecular complexity index is 925. The number of carbonyl (C=O) groups is 2. The number of carbonyl (C=O) groups excluding carboxylic acids is 1. The number of nitrogens with one attached hydrogen (secondary N) is 1. The van der Waals surface area contributed by atoms with Gasteiger partial charge in [0, 0.05) is 43.1 Å². The van der Waals surface area contributed by atoms with E-state index in [-0.39, 0.29) is 30.4 Å². The van der Waals surface area contributed by atoms with Gasteiger partial charge in [0.15, 0.2) is 5.69 Å². The molecule has 0 aliphatic carbocycles. The predicted octanol–water partition coefficient (Wildman–Crippen LogP) is 1.03. The average Bonchev–Trinajstić information content (AvgIpc) is 3.22. The molecular weight excluding hydrogens is 344 g/mol. The van der Waals surface area contributed by atoms with Crippen molar-refractivity contribution >= 4 is 28.5 Å². The van der Waals surface area contributed by atoms with Crippen LogP contribution in [0.3, 0.4) is 0 Å². The summed E-state index contributed by atoms with van der Waals surface area (Å²) in [5.74, 6) is -1.65. The minimum atomic E-state index is -1.01. The highest BCUT2D eigenvalue weighted by Crippen LogP contribution is 2.43. The van der Waals surface area contributed by atoms with Crippen LogP contribution in [-0.2, 0) is 9.53 Å². The first-order chi connectivity index (χ1) is 12.4. The van der Waals surface area contributed by atoms with Gasteiger partial charge in [0.1, 0.15) is 0 Å². The maximum atomic E-state index is 13.0. The van der Waals surface area contributed by atoms with Crippen LogP contribution in [0.25, 0.3) is 10.9 Å². The van der Waals surface area contributed by atoms with Gasteiger partial charge in [-0.2, -0.15) is 5.10 Å². The molecule has 2 N–H and O–H groups in total. The lowest BCUT2D eigenvalue weighted by Gasteiger charge is -2.33. The second kappa shape index (κ2) is 5.77. The van der Waals surface area contributed by atoms with E-state index in [1.807, 2.05) is 0 Å². The van der Waals surface area contributed by atoms with Crippen molar-refractivity contribution in [3.05, 3.63) is 34.0 Å². The number of H-pyrrole nitrogens is 1. The smallest absolute Gasteiger partial charge is 0.311 e. The molecule has 0 spiro atoms. The van der Waals surface area contributed by atoms with Gasteiger partial charge in [-0.05, 0) is 12.5 Å². The minimum Gasteiger partial charge on any atom is -0.481 e. The highest BCUT2D eigenvalue weighted by Gasteiger charge is 2.55. The van der Waals surface area contributed by atoms with E-state index in [2.05, 4.69) is 10.2 Å². The van der Waals surface area contributed by atoms with E-state index >= 15 is 0 Å². The van der Waals surface area contributed by atoms with Gasteiger partial charge in [0.2, 0.25) is 0 Å². The normalized spacial score (nSPS) is 25.2. The van der Waals surface area contributed by atoms with Crippen molar-refractivity contribution in [2.75, 3.05) is 26.3 Å². The van der Waals surface area contributed by atoms with Crippen molar-refractivity contribution in [3.63, 3.8) is 0 Å². The Hall–Kier alpha value is -3.01. The molecule has 26 heavy (non-hydrogen) atoms. The number of non-ortho nitro benzene ring substituents is 1. The van der Waals surface area contributed by atoms with Crippen LogP contribution in [0.5, 0.6) is 0 Å². The third-order valence-electron chi connectivity index (χ3n) is 5.38. The highest BCUT2D eigenvalue weighted by molar-refractivity contribution is 6.05. The molecule has 2 aliphatic rings. The molecule has 2 fully saturated rings. The summed E-state index contributed by atoms with van der Waals surface area (Å²) in [6.07, 6.45) is 0.351. The van der Waals surface area contributed by atoms with Crippen LogP contribution < -0.4 is 0 Å². The molecule has 136 valence electrons. The van der Waals surface area contributed by atoms with Crippen molar-refractivity contribution in [3.8, 4) is 0 Å². The molecule has 0 unspecified atom stereocenters. The maximum absolute atomic E-state index is 13.0. The Morgan fingerprint density at radius 3 is 2.96 bits per heavy atom. The van der Waals surface area contributed by atoms with Crippen LogP contribution in [0.2, 0.25) is 0 Å². The highest BCUT2D eigenvalue weighted by atomic mass is 16.6. The first-order valence-electron chi connectivity index (χ1n) is 8.15. The summed E-state index contributed by atoms with van der Waals surface area (Å²) >= 11 is 0. The number of likely N-dealkylation sites (tertiary alicyclic amines) is 1. The fourth-order valence-corrected chi connectivity index (χ4v) is 3.88. The number of nitro groups is 1. The van der Waals surface area contributed by atoms with E-state index < -0.39 is 22.2 Å². The molecule has 4 rings (SSSR count). The first kappa shape index (κ1) is 16.5. The number of carboxylic acids is 1. The molecule has 0 bridgehead atoms. The third kappa shape index (κ3) is 2.33. The summed E-state index contributed by atoms with van der Waals surface area (Å²) in [4.78, 5) is 36.7. The summed E-state index contributed by atoms with van der Waals surface area (Å²) in [5.41, 5.74) is -0.583. The molecule has 3 heterocycles. The molecule has 2 saturated heterocycles. The lowest BCUT2D eigenvalue weighted by Crippen LogP contribution is -2.45. The zero-order valence-corrected chi connectivity index (χ0v) is 13.7. The Kier molecular flexibility index (Phi) is 3.65. The predicted molar refractivity (Wildman–Crippen MR) is 87.6 cm³/mol. The van der Waals surface area contributed by atoms with Crippen LogP contribution >= 0.6 is 0 Å². The molecular formula is C16H16N4O6. The number of aromatic amines is 1. The third-order valence-corrected chi connectivity index (χ3v) is 5.38. The standard InChI is InChI=1S/C16H16N4O6/c21-14(13-11-5-10(20(24)25)1-2-12(11)17-18-13)19-6-9-7-26-4-3-16(9,8-19)15(22)23/h1-2,5,9H,3-4,6-8H2,(H,17,18)(H,22,23)/t9-,16+/m0/s1. The van der Waals surface area contributed by atoms with Gasteiger partial charge >= 0.3 is 5.97 Å². The number of aromatic nitrogens is 2. The van der Waals surface area contributed by atoms with Crippen molar-refractivity contribution in [2.45, 2.75) is 6.42 Å². The van der Waals surface area contributed by atoms with Gasteiger partial charge in [0.05, 0.1) is 22.5 Å². The summed E-state index contributed by atoms with van der Waals surface area (Å²) in [6.45, 7) is 0.984. The van der Waals surface area contributed by atoms with E-state index in [0.29, 0.717) is 30.5 Å². The number of hydrogen-bond acceptors (Lipinski definition) is 6. The summed E-state index contributed by atoms with van der Waals surface area (Å²) < 4.78 is 5.39. The Balaban J connectivity index is 1.68. The Morgan fingerprint density at radius 1 is 1.46 bits per heavy atom. The molecule has 10 heteroatoms. The van der Waals surface area contributed by atoms with Gasteiger partial charge in [0.25, 0.3) is 11.6 Å². The molecule has 0 saturated carbocycles. The number of nitrogens with zero attached hydrogens (tertiary/aromatic N) is 3. The SMILES string of the molecule is O=C(c1n[nH]c2ccc([N+](=O)[O-])cc12)N1C[C@H]2COCC[C@@]2(C(=O)O)C1. The van der Waals surface area contributed by atoms with Crippen LogP contribution in [0.4, 0.5) is 5.69 Å². The van der Waals surface area contributed by atoms with Gasteiger partial charge in [-0.3, -0.25) is 24.8 Å². The lowest BCUT2D eigenvalue weighted by molar-refractivity contribution is -0.384. The largest absolute Gasteiger partial charge is 0.481 e. The zero-order chi connectivity index (χ0) is 18.5. The van der Waals surface area contributed by atoms with Gasteiger partial charge in [-0.15, -0.1) is 0 Å². The summed E-state index contributed by atoms with van der Waals surface area (Å²) in [6, 6.07) is 4.12. The molecule has 10 nitrogen and oxygen atoms in total. The summed E-state index contributed by atoms with van der Waals surface area (Å²) in [7, 11) is 0. The van der Waals surface area contributed by atoms with Gasteiger partial charge in [-0.1, -0.05) is 0 Å². The van der Waals surface area contributed by atoms with Crippen molar-refractivity contribution in [1.29, 1.82) is 0 Å². The number of fused-ring (bicyclic) bond motifs is 2. The summed E-state index contributed by atoms with van der Waals surface area (Å²) in [5, 5.41) is 27.7. The quantitative estimate of drug-likeness (QED) is 0.615. The number of benzene rings is 1. The lowest BCUT2D eigenvalue weighted by atomic mass is 9.74. The second-order valence-electron chi connectivity index (χ2n) is 6.73. The molecule has 2 aliphatic heterocycles. The maximum Gasteiger partial charge on any atom is 0.311 e. The monoisotopic (exact) mass is 360 g/mol. The minimum absolute atomic E-state index is 0.0591. The molecule has 1 aromatic heterocycles. The van der Waals surface area contributed by atoms with Crippen LogP contribution in [0.1, 0.15) is 16.9 Å². The fourth-order valence-electron chi connectivity index (χ4n) is 3.88. The second-order valence-corrected chi connectivity index (χ2v) is 6.73. The van der Waals surface area contributed by atoms with E-state index in [1.54, 1.807) is 0 Å². The van der Waals surface area contributed by atoms with Gasteiger partial charge in [-0.25, -0.2) is 0 Å². The number of carboxylic acid groups (broad SMARTS) is 1. The topological polar surface area (TPSA) is 139 Å². The van der Waals surface area contributed by atoms with E-state index in [9.17, 15) is 24.8 Å². The molecule has 2 aromatic rings. The zero-order valence-electron chi connectivity index (χ0n) is 13.7. The van der Waals surface area contributed by atoms with Crippen molar-refractivity contribution in [2.24, 2.45) is 11.3 Å². The Labute approximate surface area is 146 Å². The van der Waals surface area contributed by atoms with Gasteiger partial charge < -0.3 is 14.7 Å².